The lowest BCUT2D eigenvalue weighted by molar-refractivity contribution is -0.237. The van der Waals surface area contributed by atoms with Crippen LogP contribution < -0.4 is 0 Å². The first-order valence-electron chi connectivity index (χ1n) is 5.49. The van der Waals surface area contributed by atoms with E-state index in [1.54, 1.807) is 5.06 Å². The van der Waals surface area contributed by atoms with Crippen molar-refractivity contribution in [3.8, 4) is 0 Å². The lowest BCUT2D eigenvalue weighted by atomic mass is 9.67. The zero-order chi connectivity index (χ0) is 9.64. The molecule has 2 nitrogen and oxygen atoms in total. The monoisotopic (exact) mass is 183 g/mol. The van der Waals surface area contributed by atoms with Gasteiger partial charge in [0.2, 0.25) is 0 Å². The van der Waals surface area contributed by atoms with Gasteiger partial charge < -0.3 is 5.21 Å². The fourth-order valence-electron chi connectivity index (χ4n) is 3.67. The maximum Gasteiger partial charge on any atom is 0.0440 e. The second-order valence-corrected chi connectivity index (χ2v) is 5.54. The summed E-state index contributed by atoms with van der Waals surface area (Å²) in [5.41, 5.74) is 0.0694. The van der Waals surface area contributed by atoms with Gasteiger partial charge in [0.1, 0.15) is 0 Å². The molecule has 1 saturated carbocycles. The van der Waals surface area contributed by atoms with Gasteiger partial charge in [0.05, 0.1) is 0 Å². The Kier molecular flexibility index (Phi) is 2.16. The average Bonchev–Trinajstić information content (AvgIpc) is 1.98. The summed E-state index contributed by atoms with van der Waals surface area (Å²) in [7, 11) is 0. The molecule has 0 aromatic rings. The number of nitrogens with zero attached hydrogens (tertiary/aromatic N) is 1. The highest BCUT2D eigenvalue weighted by Gasteiger charge is 2.45. The van der Waals surface area contributed by atoms with Crippen LogP contribution in [-0.4, -0.2) is 21.9 Å². The highest BCUT2D eigenvalue weighted by molar-refractivity contribution is 4.97. The molecule has 2 bridgehead atoms. The molecule has 13 heavy (non-hydrogen) atoms. The van der Waals surface area contributed by atoms with Gasteiger partial charge in [-0.05, 0) is 51.4 Å². The van der Waals surface area contributed by atoms with Crippen molar-refractivity contribution in [2.75, 3.05) is 0 Å². The van der Waals surface area contributed by atoms with Crippen molar-refractivity contribution in [1.29, 1.82) is 0 Å². The molecular weight excluding hydrogens is 162 g/mol. The van der Waals surface area contributed by atoms with Crippen molar-refractivity contribution < 1.29 is 5.21 Å². The van der Waals surface area contributed by atoms with E-state index in [0.29, 0.717) is 6.04 Å². The summed E-state index contributed by atoms with van der Waals surface area (Å²) in [6, 6.07) is 0.358. The van der Waals surface area contributed by atoms with Crippen LogP contribution in [0.15, 0.2) is 0 Å². The Morgan fingerprint density at radius 3 is 2.62 bits per heavy atom. The molecule has 4 atom stereocenters. The summed E-state index contributed by atoms with van der Waals surface area (Å²) < 4.78 is 0. The SMILES string of the molecule is CC1CC2CC(C)N(O)C(C)(C1)C2. The third-order valence-corrected chi connectivity index (χ3v) is 3.90. The quantitative estimate of drug-likeness (QED) is 0.624. The largest absolute Gasteiger partial charge is 0.313 e. The summed E-state index contributed by atoms with van der Waals surface area (Å²) in [6.45, 7) is 6.67. The predicted molar refractivity (Wildman–Crippen MR) is 52.6 cm³/mol. The van der Waals surface area contributed by atoms with Crippen LogP contribution in [0.4, 0.5) is 0 Å². The predicted octanol–water partition coefficient (Wildman–Crippen LogP) is 2.66. The van der Waals surface area contributed by atoms with E-state index in [4.69, 9.17) is 0 Å². The molecule has 1 aliphatic heterocycles. The Bertz CT molecular complexity index is 202. The number of piperidine rings is 1. The lowest BCUT2D eigenvalue weighted by Crippen LogP contribution is -2.57. The van der Waals surface area contributed by atoms with E-state index in [0.717, 1.165) is 18.3 Å². The second-order valence-electron chi connectivity index (χ2n) is 5.54. The van der Waals surface area contributed by atoms with Gasteiger partial charge in [-0.1, -0.05) is 6.92 Å². The summed E-state index contributed by atoms with van der Waals surface area (Å²) in [6.07, 6.45) is 4.90. The minimum absolute atomic E-state index is 0.0694. The Morgan fingerprint density at radius 1 is 1.23 bits per heavy atom. The van der Waals surface area contributed by atoms with E-state index in [9.17, 15) is 5.21 Å². The van der Waals surface area contributed by atoms with Crippen molar-refractivity contribution in [3.63, 3.8) is 0 Å². The van der Waals surface area contributed by atoms with Gasteiger partial charge >= 0.3 is 0 Å². The van der Waals surface area contributed by atoms with Gasteiger partial charge in [-0.15, -0.1) is 0 Å². The molecule has 1 N–H and O–H groups in total. The number of fused-ring (bicyclic) bond motifs is 2. The highest BCUT2D eigenvalue weighted by Crippen LogP contribution is 2.45. The molecule has 0 spiro atoms. The van der Waals surface area contributed by atoms with Crippen molar-refractivity contribution in [2.45, 2.75) is 58.0 Å². The van der Waals surface area contributed by atoms with Gasteiger partial charge in [0.25, 0.3) is 0 Å². The van der Waals surface area contributed by atoms with Crippen LogP contribution in [-0.2, 0) is 0 Å². The molecule has 1 saturated heterocycles. The van der Waals surface area contributed by atoms with Crippen LogP contribution in [0, 0.1) is 11.8 Å². The van der Waals surface area contributed by atoms with Gasteiger partial charge in [-0.25, -0.2) is 0 Å². The number of hydroxylamine groups is 2. The van der Waals surface area contributed by atoms with Crippen LogP contribution in [0.2, 0.25) is 0 Å². The third kappa shape index (κ3) is 1.50. The topological polar surface area (TPSA) is 23.5 Å². The fraction of sp³-hybridized carbons (Fsp3) is 1.00. The molecule has 1 aliphatic carbocycles. The van der Waals surface area contributed by atoms with E-state index in [2.05, 4.69) is 20.8 Å². The first kappa shape index (κ1) is 9.47. The summed E-state index contributed by atoms with van der Waals surface area (Å²) >= 11 is 0. The Hall–Kier alpha value is -0.0800. The molecule has 0 aromatic carbocycles. The minimum atomic E-state index is 0.0694. The van der Waals surface area contributed by atoms with Gasteiger partial charge in [0, 0.05) is 11.6 Å². The van der Waals surface area contributed by atoms with Gasteiger partial charge in [-0.2, -0.15) is 5.06 Å². The summed E-state index contributed by atoms with van der Waals surface area (Å²) in [4.78, 5) is 0. The molecule has 2 fully saturated rings. The fourth-order valence-corrected chi connectivity index (χ4v) is 3.67. The van der Waals surface area contributed by atoms with Crippen LogP contribution in [0.5, 0.6) is 0 Å². The zero-order valence-electron chi connectivity index (χ0n) is 8.95. The number of hydrogen-bond acceptors (Lipinski definition) is 2. The van der Waals surface area contributed by atoms with Crippen molar-refractivity contribution in [3.05, 3.63) is 0 Å². The maximum atomic E-state index is 10.00. The third-order valence-electron chi connectivity index (χ3n) is 3.90. The van der Waals surface area contributed by atoms with Crippen molar-refractivity contribution in [2.24, 2.45) is 11.8 Å². The van der Waals surface area contributed by atoms with E-state index in [-0.39, 0.29) is 5.54 Å². The molecule has 0 radical (unpaired) electrons. The van der Waals surface area contributed by atoms with E-state index >= 15 is 0 Å². The highest BCUT2D eigenvalue weighted by atomic mass is 16.5. The Labute approximate surface area is 80.9 Å². The van der Waals surface area contributed by atoms with Crippen molar-refractivity contribution in [1.82, 2.24) is 5.06 Å². The molecule has 2 aliphatic rings. The molecule has 4 unspecified atom stereocenters. The average molecular weight is 183 g/mol. The molecule has 1 heterocycles. The van der Waals surface area contributed by atoms with Crippen LogP contribution >= 0.6 is 0 Å². The van der Waals surface area contributed by atoms with Crippen LogP contribution in [0.3, 0.4) is 0 Å². The maximum absolute atomic E-state index is 10.00. The molecular formula is C11H21NO. The zero-order valence-corrected chi connectivity index (χ0v) is 8.95. The summed E-state index contributed by atoms with van der Waals surface area (Å²) in [5.74, 6) is 1.64. The van der Waals surface area contributed by atoms with Crippen LogP contribution in [0.1, 0.15) is 46.5 Å². The molecule has 2 rings (SSSR count). The smallest absolute Gasteiger partial charge is 0.0440 e. The molecule has 0 amide bonds. The second kappa shape index (κ2) is 2.96. The normalized spacial score (nSPS) is 52.2. The molecule has 76 valence electrons. The van der Waals surface area contributed by atoms with E-state index in [1.807, 2.05) is 0 Å². The summed E-state index contributed by atoms with van der Waals surface area (Å²) in [5, 5.41) is 11.6. The minimum Gasteiger partial charge on any atom is -0.313 e. The molecule has 0 aromatic heterocycles. The Balaban J connectivity index is 2.19. The van der Waals surface area contributed by atoms with Gasteiger partial charge in [-0.3, -0.25) is 0 Å². The number of rotatable bonds is 0. The Morgan fingerprint density at radius 2 is 1.92 bits per heavy atom. The van der Waals surface area contributed by atoms with Gasteiger partial charge in [0.15, 0.2) is 0 Å². The first-order chi connectivity index (χ1) is 6.01. The van der Waals surface area contributed by atoms with Crippen LogP contribution in [0.25, 0.3) is 0 Å². The number of hydrogen-bond donors (Lipinski definition) is 1. The first-order valence-corrected chi connectivity index (χ1v) is 5.49. The molecule has 2 heteroatoms. The lowest BCUT2D eigenvalue weighted by Gasteiger charge is -2.52. The van der Waals surface area contributed by atoms with Crippen molar-refractivity contribution >= 4 is 0 Å². The van der Waals surface area contributed by atoms with E-state index in [1.165, 1.54) is 19.3 Å². The standard InChI is InChI=1S/C11H21NO/c1-8-4-10-5-9(2)12(13)11(3,6-8)7-10/h8-10,13H,4-7H2,1-3H3. The van der Waals surface area contributed by atoms with E-state index < -0.39 is 0 Å².